The van der Waals surface area contributed by atoms with Crippen LogP contribution in [-0.2, 0) is 4.74 Å². The minimum absolute atomic E-state index is 0.429. The Kier molecular flexibility index (Phi) is 3.48. The van der Waals surface area contributed by atoms with E-state index in [0.29, 0.717) is 5.60 Å². The van der Waals surface area contributed by atoms with Crippen LogP contribution in [0.5, 0.6) is 0 Å². The van der Waals surface area contributed by atoms with Crippen molar-refractivity contribution < 1.29 is 4.74 Å². The summed E-state index contributed by atoms with van der Waals surface area (Å²) in [6, 6.07) is 0. The molecular weight excluding hydrogens is 172 g/mol. The van der Waals surface area contributed by atoms with Crippen molar-refractivity contribution in [2.45, 2.75) is 70.3 Å². The fraction of sp³-hybridized carbons (Fsp3) is 1.00. The van der Waals surface area contributed by atoms with Crippen molar-refractivity contribution in [3.8, 4) is 0 Å². The van der Waals surface area contributed by atoms with Gasteiger partial charge in [-0.05, 0) is 38.0 Å². The summed E-state index contributed by atoms with van der Waals surface area (Å²) in [4.78, 5) is 0. The molecule has 82 valence electrons. The first kappa shape index (κ1) is 10.5. The van der Waals surface area contributed by atoms with E-state index in [-0.39, 0.29) is 0 Å². The van der Waals surface area contributed by atoms with E-state index in [9.17, 15) is 0 Å². The summed E-state index contributed by atoms with van der Waals surface area (Å²) in [7, 11) is 0. The smallest absolute Gasteiger partial charge is 0.0684 e. The predicted octanol–water partition coefficient (Wildman–Crippen LogP) is 3.92. The first-order chi connectivity index (χ1) is 6.85. The molecule has 0 bridgehead atoms. The summed E-state index contributed by atoms with van der Waals surface area (Å²) in [6.45, 7) is 3.29. The molecule has 1 heterocycles. The van der Waals surface area contributed by atoms with Crippen molar-refractivity contribution in [1.29, 1.82) is 0 Å². The van der Waals surface area contributed by atoms with Gasteiger partial charge in [-0.3, -0.25) is 0 Å². The molecule has 0 amide bonds. The van der Waals surface area contributed by atoms with Crippen LogP contribution in [0.4, 0.5) is 0 Å². The fourth-order valence-electron chi connectivity index (χ4n) is 2.26. The normalized spacial score (nSPS) is 28.1. The van der Waals surface area contributed by atoms with Gasteiger partial charge in [-0.2, -0.15) is 0 Å². The average molecular weight is 196 g/mol. The van der Waals surface area contributed by atoms with Crippen molar-refractivity contribution >= 4 is 0 Å². The molecular formula is C13H24O. The molecule has 3 fully saturated rings. The van der Waals surface area contributed by atoms with E-state index < -0.39 is 0 Å². The van der Waals surface area contributed by atoms with Gasteiger partial charge in [0.1, 0.15) is 0 Å². The molecule has 1 spiro atoms. The number of ether oxygens (including phenoxy) is 1. The highest BCUT2D eigenvalue weighted by Gasteiger charge is 2.44. The van der Waals surface area contributed by atoms with Crippen LogP contribution in [0.3, 0.4) is 0 Å². The highest BCUT2D eigenvalue weighted by Crippen LogP contribution is 2.45. The lowest BCUT2D eigenvalue weighted by atomic mass is 10.1. The highest BCUT2D eigenvalue weighted by molar-refractivity contribution is 4.96. The van der Waals surface area contributed by atoms with Gasteiger partial charge < -0.3 is 4.74 Å². The maximum Gasteiger partial charge on any atom is 0.0684 e. The lowest BCUT2D eigenvalue weighted by Crippen LogP contribution is -2.19. The zero-order valence-electron chi connectivity index (χ0n) is 9.56. The van der Waals surface area contributed by atoms with Crippen LogP contribution < -0.4 is 0 Å². The standard InChI is InChI=1S/C7H12O.C6H12/c1-2-6-8-7(3-1)4-5-7;1-2-3-6-4-5-6/h1-6H2;6H,2-5H2,1H3. The molecule has 0 aromatic heterocycles. The third-order valence-corrected chi connectivity index (χ3v) is 3.64. The first-order valence-corrected chi connectivity index (χ1v) is 6.49. The molecule has 2 saturated carbocycles. The van der Waals surface area contributed by atoms with E-state index in [1.54, 1.807) is 0 Å². The lowest BCUT2D eigenvalue weighted by Gasteiger charge is -2.21. The third kappa shape index (κ3) is 3.27. The van der Waals surface area contributed by atoms with Gasteiger partial charge in [0.2, 0.25) is 0 Å². The Morgan fingerprint density at radius 1 is 1.14 bits per heavy atom. The summed E-state index contributed by atoms with van der Waals surface area (Å²) in [6.07, 6.45) is 12.6. The number of hydrogen-bond acceptors (Lipinski definition) is 1. The quantitative estimate of drug-likeness (QED) is 0.650. The van der Waals surface area contributed by atoms with Crippen LogP contribution >= 0.6 is 0 Å². The van der Waals surface area contributed by atoms with E-state index in [1.807, 2.05) is 0 Å². The predicted molar refractivity (Wildman–Crippen MR) is 59.4 cm³/mol. The van der Waals surface area contributed by atoms with Gasteiger partial charge in [0.15, 0.2) is 0 Å². The SMILES string of the molecule is C1CCC2(CC2)OC1.CCCC1CC1. The molecule has 0 atom stereocenters. The topological polar surface area (TPSA) is 9.23 Å². The van der Waals surface area contributed by atoms with Gasteiger partial charge in [0, 0.05) is 6.61 Å². The van der Waals surface area contributed by atoms with E-state index in [1.165, 1.54) is 57.8 Å². The summed E-state index contributed by atoms with van der Waals surface area (Å²) in [5.41, 5.74) is 0.429. The molecule has 3 aliphatic rings. The Morgan fingerprint density at radius 3 is 2.21 bits per heavy atom. The average Bonchev–Trinajstić information content (AvgIpc) is 3.09. The monoisotopic (exact) mass is 196 g/mol. The van der Waals surface area contributed by atoms with E-state index in [2.05, 4.69) is 6.92 Å². The second-order valence-electron chi connectivity index (χ2n) is 5.22. The number of rotatable bonds is 2. The minimum Gasteiger partial charge on any atom is -0.375 e. The Labute approximate surface area is 88.2 Å². The number of hydrogen-bond donors (Lipinski definition) is 0. The van der Waals surface area contributed by atoms with Gasteiger partial charge in [-0.25, -0.2) is 0 Å². The van der Waals surface area contributed by atoms with Crippen molar-refractivity contribution in [1.82, 2.24) is 0 Å². The van der Waals surface area contributed by atoms with Gasteiger partial charge in [0.25, 0.3) is 0 Å². The van der Waals surface area contributed by atoms with Gasteiger partial charge in [0.05, 0.1) is 5.60 Å². The largest absolute Gasteiger partial charge is 0.375 e. The maximum absolute atomic E-state index is 5.58. The maximum atomic E-state index is 5.58. The summed E-state index contributed by atoms with van der Waals surface area (Å²) in [5.74, 6) is 1.15. The molecule has 3 rings (SSSR count). The molecule has 1 saturated heterocycles. The molecule has 1 heteroatoms. The third-order valence-electron chi connectivity index (χ3n) is 3.64. The first-order valence-electron chi connectivity index (χ1n) is 6.49. The van der Waals surface area contributed by atoms with Crippen LogP contribution in [0.1, 0.15) is 64.7 Å². The molecule has 1 aliphatic heterocycles. The van der Waals surface area contributed by atoms with Crippen LogP contribution in [0.2, 0.25) is 0 Å². The van der Waals surface area contributed by atoms with Gasteiger partial charge >= 0.3 is 0 Å². The summed E-state index contributed by atoms with van der Waals surface area (Å²) < 4.78 is 5.58. The second-order valence-corrected chi connectivity index (χ2v) is 5.22. The molecule has 1 nitrogen and oxygen atoms in total. The van der Waals surface area contributed by atoms with E-state index >= 15 is 0 Å². The van der Waals surface area contributed by atoms with E-state index in [4.69, 9.17) is 4.74 Å². The van der Waals surface area contributed by atoms with Crippen molar-refractivity contribution in [2.75, 3.05) is 6.61 Å². The zero-order valence-corrected chi connectivity index (χ0v) is 9.56. The molecule has 2 aliphatic carbocycles. The summed E-state index contributed by atoms with van der Waals surface area (Å²) >= 11 is 0. The lowest BCUT2D eigenvalue weighted by molar-refractivity contribution is -0.00394. The van der Waals surface area contributed by atoms with Gasteiger partial charge in [-0.15, -0.1) is 0 Å². The minimum atomic E-state index is 0.429. The molecule has 0 aromatic carbocycles. The van der Waals surface area contributed by atoms with E-state index in [0.717, 1.165) is 12.5 Å². The van der Waals surface area contributed by atoms with Crippen LogP contribution in [-0.4, -0.2) is 12.2 Å². The fourth-order valence-corrected chi connectivity index (χ4v) is 2.26. The Balaban J connectivity index is 0.000000112. The molecule has 14 heavy (non-hydrogen) atoms. The summed E-state index contributed by atoms with van der Waals surface area (Å²) in [5, 5.41) is 0. The Bertz CT molecular complexity index is 160. The molecule has 0 unspecified atom stereocenters. The molecule has 0 radical (unpaired) electrons. The Hall–Kier alpha value is -0.0400. The zero-order chi connectivity index (χ0) is 9.86. The van der Waals surface area contributed by atoms with Crippen molar-refractivity contribution in [3.05, 3.63) is 0 Å². The van der Waals surface area contributed by atoms with Crippen LogP contribution in [0.15, 0.2) is 0 Å². The molecule has 0 aromatic rings. The highest BCUT2D eigenvalue weighted by atomic mass is 16.5. The second kappa shape index (κ2) is 4.65. The van der Waals surface area contributed by atoms with Crippen LogP contribution in [0, 0.1) is 5.92 Å². The van der Waals surface area contributed by atoms with Crippen LogP contribution in [0.25, 0.3) is 0 Å². The van der Waals surface area contributed by atoms with Crippen molar-refractivity contribution in [2.24, 2.45) is 5.92 Å². The Morgan fingerprint density at radius 2 is 1.93 bits per heavy atom. The molecule has 0 N–H and O–H groups in total. The van der Waals surface area contributed by atoms with Crippen molar-refractivity contribution in [3.63, 3.8) is 0 Å². The van der Waals surface area contributed by atoms with Gasteiger partial charge in [-0.1, -0.05) is 32.6 Å².